The third-order valence-corrected chi connectivity index (χ3v) is 1.35. The van der Waals surface area contributed by atoms with Crippen LogP contribution in [-0.4, -0.2) is 11.5 Å². The Balaban J connectivity index is 2.71. The van der Waals surface area contributed by atoms with Gasteiger partial charge in [0.2, 0.25) is 6.54 Å². The van der Waals surface area contributed by atoms with Gasteiger partial charge in [-0.2, -0.15) is 0 Å². The predicted molar refractivity (Wildman–Crippen MR) is 39.4 cm³/mol. The first-order valence-corrected chi connectivity index (χ1v) is 3.26. The van der Waals surface area contributed by atoms with Crippen LogP contribution >= 0.6 is 0 Å². The molecule has 0 bridgehead atoms. The lowest BCUT2D eigenvalue weighted by atomic mass is 10.2. The normalized spacial score (nSPS) is 9.09. The van der Waals surface area contributed by atoms with E-state index in [4.69, 9.17) is 6.57 Å². The SMILES string of the molecule is [C-]#[N+]CCc1ccncc1F. The maximum absolute atomic E-state index is 12.7. The highest BCUT2D eigenvalue weighted by Gasteiger charge is 2.00. The molecule has 0 aromatic carbocycles. The van der Waals surface area contributed by atoms with Crippen LogP contribution in [-0.2, 0) is 6.42 Å². The average Bonchev–Trinajstić information content (AvgIpc) is 2.03. The molecular weight excluding hydrogens is 143 g/mol. The summed E-state index contributed by atoms with van der Waals surface area (Å²) in [7, 11) is 0. The van der Waals surface area contributed by atoms with Crippen LogP contribution in [0.15, 0.2) is 18.5 Å². The summed E-state index contributed by atoms with van der Waals surface area (Å²) < 4.78 is 12.7. The van der Waals surface area contributed by atoms with Crippen LogP contribution in [0.3, 0.4) is 0 Å². The number of rotatable bonds is 2. The quantitative estimate of drug-likeness (QED) is 0.586. The van der Waals surface area contributed by atoms with E-state index in [1.54, 1.807) is 6.07 Å². The minimum absolute atomic E-state index is 0.323. The lowest BCUT2D eigenvalue weighted by Gasteiger charge is -1.94. The molecule has 0 radical (unpaired) electrons. The summed E-state index contributed by atoms with van der Waals surface area (Å²) in [5.74, 6) is -0.323. The van der Waals surface area contributed by atoms with Crippen molar-refractivity contribution in [2.24, 2.45) is 0 Å². The predicted octanol–water partition coefficient (Wildman–Crippen LogP) is 1.68. The van der Waals surface area contributed by atoms with Crippen molar-refractivity contribution in [3.8, 4) is 0 Å². The van der Waals surface area contributed by atoms with Crippen LogP contribution in [0.4, 0.5) is 4.39 Å². The van der Waals surface area contributed by atoms with Gasteiger partial charge in [0.05, 0.1) is 6.20 Å². The van der Waals surface area contributed by atoms with Gasteiger partial charge in [0.15, 0.2) is 0 Å². The number of hydrogen-bond acceptors (Lipinski definition) is 1. The second-order valence-electron chi connectivity index (χ2n) is 2.10. The Labute approximate surface area is 64.5 Å². The first-order chi connectivity index (χ1) is 5.34. The molecule has 3 heteroatoms. The van der Waals surface area contributed by atoms with Gasteiger partial charge in [0.1, 0.15) is 5.82 Å². The van der Waals surface area contributed by atoms with Gasteiger partial charge < -0.3 is 4.85 Å². The Kier molecular flexibility index (Phi) is 2.56. The molecule has 0 N–H and O–H groups in total. The molecule has 0 fully saturated rings. The van der Waals surface area contributed by atoms with Gasteiger partial charge in [-0.15, -0.1) is 0 Å². The standard InChI is InChI=1S/C8H7FN2/c1-10-4-2-7-3-5-11-6-8(7)9/h3,5-6H,2,4H2. The van der Waals surface area contributed by atoms with Crippen molar-refractivity contribution in [1.29, 1.82) is 0 Å². The molecule has 1 aromatic heterocycles. The van der Waals surface area contributed by atoms with Crippen molar-refractivity contribution in [1.82, 2.24) is 4.98 Å². The fourth-order valence-electron chi connectivity index (χ4n) is 0.783. The highest BCUT2D eigenvalue weighted by molar-refractivity contribution is 5.13. The van der Waals surface area contributed by atoms with Crippen LogP contribution < -0.4 is 0 Å². The molecule has 0 aliphatic heterocycles. The summed E-state index contributed by atoms with van der Waals surface area (Å²) in [5.41, 5.74) is 0.566. The molecule has 1 heterocycles. The number of hydrogen-bond donors (Lipinski definition) is 0. The van der Waals surface area contributed by atoms with Gasteiger partial charge in [0.25, 0.3) is 0 Å². The number of halogens is 1. The molecule has 56 valence electrons. The fourth-order valence-corrected chi connectivity index (χ4v) is 0.783. The van der Waals surface area contributed by atoms with E-state index in [1.165, 1.54) is 12.4 Å². The first kappa shape index (κ1) is 7.67. The summed E-state index contributed by atoms with van der Waals surface area (Å²) in [6.07, 6.45) is 3.17. The third kappa shape index (κ3) is 2.01. The van der Waals surface area contributed by atoms with Gasteiger partial charge in [-0.1, -0.05) is 0 Å². The zero-order valence-corrected chi connectivity index (χ0v) is 5.92. The molecule has 1 aromatic rings. The Morgan fingerprint density at radius 1 is 1.64 bits per heavy atom. The molecule has 0 aliphatic carbocycles. The molecular formula is C8H7FN2. The number of aromatic nitrogens is 1. The Bertz CT molecular complexity index is 278. The minimum Gasteiger partial charge on any atom is -0.317 e. The maximum Gasteiger partial charge on any atom is 0.218 e. The second kappa shape index (κ2) is 3.67. The van der Waals surface area contributed by atoms with Gasteiger partial charge in [-0.05, 0) is 11.6 Å². The smallest absolute Gasteiger partial charge is 0.218 e. The van der Waals surface area contributed by atoms with E-state index in [0.717, 1.165) is 0 Å². The summed E-state index contributed by atoms with van der Waals surface area (Å²) >= 11 is 0. The van der Waals surface area contributed by atoms with Crippen molar-refractivity contribution in [3.05, 3.63) is 41.3 Å². The molecule has 2 nitrogen and oxygen atoms in total. The van der Waals surface area contributed by atoms with E-state index in [-0.39, 0.29) is 5.82 Å². The van der Waals surface area contributed by atoms with Crippen LogP contribution in [0.5, 0.6) is 0 Å². The Morgan fingerprint density at radius 2 is 2.45 bits per heavy atom. The zero-order valence-electron chi connectivity index (χ0n) is 5.92. The largest absolute Gasteiger partial charge is 0.317 e. The maximum atomic E-state index is 12.7. The van der Waals surface area contributed by atoms with E-state index in [1.807, 2.05) is 0 Å². The monoisotopic (exact) mass is 150 g/mol. The lowest BCUT2D eigenvalue weighted by Crippen LogP contribution is -1.92. The second-order valence-corrected chi connectivity index (χ2v) is 2.10. The topological polar surface area (TPSA) is 17.2 Å². The van der Waals surface area contributed by atoms with Crippen LogP contribution in [0.1, 0.15) is 5.56 Å². The van der Waals surface area contributed by atoms with Crippen molar-refractivity contribution < 1.29 is 4.39 Å². The van der Waals surface area contributed by atoms with Crippen molar-refractivity contribution in [2.45, 2.75) is 6.42 Å². The molecule has 0 amide bonds. The van der Waals surface area contributed by atoms with Gasteiger partial charge in [-0.25, -0.2) is 11.0 Å². The Morgan fingerprint density at radius 3 is 3.09 bits per heavy atom. The van der Waals surface area contributed by atoms with Crippen LogP contribution in [0.25, 0.3) is 4.85 Å². The summed E-state index contributed by atoms with van der Waals surface area (Å²) in [6.45, 7) is 6.84. The van der Waals surface area contributed by atoms with E-state index in [2.05, 4.69) is 9.83 Å². The molecule has 0 saturated carbocycles. The molecule has 1 rings (SSSR count). The highest BCUT2D eigenvalue weighted by Crippen LogP contribution is 2.04. The van der Waals surface area contributed by atoms with Crippen LogP contribution in [0, 0.1) is 12.4 Å². The van der Waals surface area contributed by atoms with E-state index >= 15 is 0 Å². The summed E-state index contributed by atoms with van der Waals surface area (Å²) in [5, 5.41) is 0. The van der Waals surface area contributed by atoms with E-state index in [0.29, 0.717) is 18.5 Å². The van der Waals surface area contributed by atoms with E-state index < -0.39 is 0 Å². The molecule has 0 atom stereocenters. The van der Waals surface area contributed by atoms with Crippen LogP contribution in [0.2, 0.25) is 0 Å². The third-order valence-electron chi connectivity index (χ3n) is 1.35. The molecule has 0 saturated heterocycles. The van der Waals surface area contributed by atoms with Gasteiger partial charge >= 0.3 is 0 Å². The van der Waals surface area contributed by atoms with E-state index in [9.17, 15) is 4.39 Å². The number of pyridine rings is 1. The van der Waals surface area contributed by atoms with Crippen molar-refractivity contribution in [2.75, 3.05) is 6.54 Å². The summed E-state index contributed by atoms with van der Waals surface area (Å²) in [4.78, 5) is 6.74. The number of nitrogens with zero attached hydrogens (tertiary/aromatic N) is 2. The minimum atomic E-state index is -0.323. The molecule has 11 heavy (non-hydrogen) atoms. The molecule has 0 spiro atoms. The lowest BCUT2D eigenvalue weighted by molar-refractivity contribution is 0.605. The Hall–Kier alpha value is -1.43. The van der Waals surface area contributed by atoms with Crippen molar-refractivity contribution in [3.63, 3.8) is 0 Å². The molecule has 0 unspecified atom stereocenters. The summed E-state index contributed by atoms with van der Waals surface area (Å²) in [6, 6.07) is 1.60. The average molecular weight is 150 g/mol. The highest BCUT2D eigenvalue weighted by atomic mass is 19.1. The van der Waals surface area contributed by atoms with Gasteiger partial charge in [0, 0.05) is 12.6 Å². The van der Waals surface area contributed by atoms with Gasteiger partial charge in [-0.3, -0.25) is 4.98 Å². The first-order valence-electron chi connectivity index (χ1n) is 3.26. The zero-order chi connectivity index (χ0) is 8.10. The van der Waals surface area contributed by atoms with Crippen molar-refractivity contribution >= 4 is 0 Å². The molecule has 0 aliphatic rings. The fraction of sp³-hybridized carbons (Fsp3) is 0.250.